The normalized spacial score (nSPS) is 23.6. The summed E-state index contributed by atoms with van der Waals surface area (Å²) in [6.07, 6.45) is 5.46. The summed E-state index contributed by atoms with van der Waals surface area (Å²) in [6, 6.07) is 0. The molecule has 0 saturated carbocycles. The summed E-state index contributed by atoms with van der Waals surface area (Å²) in [5.41, 5.74) is 0. The fourth-order valence-electron chi connectivity index (χ4n) is 3.14. The Morgan fingerprint density at radius 2 is 2.14 bits per heavy atom. The Morgan fingerprint density at radius 3 is 2.73 bits per heavy atom. The van der Waals surface area contributed by atoms with E-state index in [0.29, 0.717) is 12.7 Å². The van der Waals surface area contributed by atoms with Gasteiger partial charge < -0.3 is 19.7 Å². The van der Waals surface area contributed by atoms with E-state index in [0.717, 1.165) is 51.5 Å². The molecule has 0 bridgehead atoms. The van der Waals surface area contributed by atoms with E-state index in [9.17, 15) is 4.79 Å². The number of ether oxygens (including phenoxy) is 2. The second-order valence-corrected chi connectivity index (χ2v) is 5.91. The van der Waals surface area contributed by atoms with Gasteiger partial charge in [-0.1, -0.05) is 0 Å². The topological polar surface area (TPSA) is 63.2 Å². The van der Waals surface area contributed by atoms with Crippen LogP contribution in [0.15, 0.2) is 4.99 Å². The molecule has 1 unspecified atom stereocenters. The molecule has 0 aliphatic carbocycles. The molecule has 1 atom stereocenters. The zero-order chi connectivity index (χ0) is 15.8. The lowest BCUT2D eigenvalue weighted by molar-refractivity contribution is -0.149. The van der Waals surface area contributed by atoms with Gasteiger partial charge in [-0.2, -0.15) is 0 Å². The van der Waals surface area contributed by atoms with E-state index in [1.807, 2.05) is 14.0 Å². The van der Waals surface area contributed by atoms with Crippen molar-refractivity contribution in [2.45, 2.75) is 45.1 Å². The molecule has 2 aliphatic rings. The molecule has 2 aliphatic heterocycles. The van der Waals surface area contributed by atoms with Crippen LogP contribution in [0.1, 0.15) is 39.0 Å². The van der Waals surface area contributed by atoms with Crippen LogP contribution in [-0.2, 0) is 14.3 Å². The van der Waals surface area contributed by atoms with Crippen molar-refractivity contribution in [2.24, 2.45) is 10.9 Å². The Hall–Kier alpha value is -1.30. The third-order valence-electron chi connectivity index (χ3n) is 4.40. The predicted molar refractivity (Wildman–Crippen MR) is 85.9 cm³/mol. The third kappa shape index (κ3) is 4.87. The molecular weight excluding hydrogens is 282 g/mol. The first-order valence-electron chi connectivity index (χ1n) is 8.48. The summed E-state index contributed by atoms with van der Waals surface area (Å²) in [7, 11) is 1.81. The first-order valence-corrected chi connectivity index (χ1v) is 8.48. The Balaban J connectivity index is 1.70. The van der Waals surface area contributed by atoms with Gasteiger partial charge in [-0.25, -0.2) is 0 Å². The SMILES string of the molecule is CCOC(=O)C1CCN(C(=NC)NCCC2CCCO2)CC1. The molecular formula is C16H29N3O3. The average molecular weight is 311 g/mol. The van der Waals surface area contributed by atoms with Gasteiger partial charge >= 0.3 is 5.97 Å². The largest absolute Gasteiger partial charge is 0.466 e. The van der Waals surface area contributed by atoms with Crippen LogP contribution >= 0.6 is 0 Å². The molecule has 0 aromatic rings. The molecule has 0 spiro atoms. The summed E-state index contributed by atoms with van der Waals surface area (Å²) >= 11 is 0. The van der Waals surface area contributed by atoms with Crippen LogP contribution in [0.3, 0.4) is 0 Å². The van der Waals surface area contributed by atoms with Crippen LogP contribution < -0.4 is 5.32 Å². The summed E-state index contributed by atoms with van der Waals surface area (Å²) in [4.78, 5) is 18.3. The Morgan fingerprint density at radius 1 is 1.36 bits per heavy atom. The number of hydrogen-bond acceptors (Lipinski definition) is 4. The van der Waals surface area contributed by atoms with Gasteiger partial charge in [0.2, 0.25) is 0 Å². The summed E-state index contributed by atoms with van der Waals surface area (Å²) in [5, 5.41) is 3.41. The zero-order valence-corrected chi connectivity index (χ0v) is 13.8. The maximum atomic E-state index is 11.8. The highest BCUT2D eigenvalue weighted by molar-refractivity contribution is 5.80. The minimum atomic E-state index is -0.0523. The lowest BCUT2D eigenvalue weighted by Gasteiger charge is -2.33. The number of hydrogen-bond donors (Lipinski definition) is 1. The Kier molecular flexibility index (Phi) is 6.96. The number of guanidine groups is 1. The van der Waals surface area contributed by atoms with Gasteiger partial charge in [0.1, 0.15) is 0 Å². The standard InChI is InChI=1S/C16H29N3O3/c1-3-21-15(20)13-7-10-19(11-8-13)16(17-2)18-9-6-14-5-4-12-22-14/h13-14H,3-12H2,1-2H3,(H,17,18). The van der Waals surface area contributed by atoms with Crippen molar-refractivity contribution in [3.8, 4) is 0 Å². The average Bonchev–Trinajstić information content (AvgIpc) is 3.05. The number of esters is 1. The molecule has 6 nitrogen and oxygen atoms in total. The molecule has 2 saturated heterocycles. The van der Waals surface area contributed by atoms with Crippen LogP contribution in [0.4, 0.5) is 0 Å². The molecule has 2 heterocycles. The van der Waals surface area contributed by atoms with Crippen LogP contribution in [-0.4, -0.2) is 62.8 Å². The maximum absolute atomic E-state index is 11.8. The van der Waals surface area contributed by atoms with E-state index < -0.39 is 0 Å². The predicted octanol–water partition coefficient (Wildman–Crippen LogP) is 1.41. The first-order chi connectivity index (χ1) is 10.7. The van der Waals surface area contributed by atoms with Gasteiger partial charge in [-0.15, -0.1) is 0 Å². The fourth-order valence-corrected chi connectivity index (χ4v) is 3.14. The van der Waals surface area contributed by atoms with Crippen LogP contribution in [0.2, 0.25) is 0 Å². The number of carbonyl (C=O) groups is 1. The number of piperidine rings is 1. The molecule has 2 fully saturated rings. The minimum absolute atomic E-state index is 0.0428. The molecule has 1 N–H and O–H groups in total. The highest BCUT2D eigenvalue weighted by Crippen LogP contribution is 2.19. The van der Waals surface area contributed by atoms with Crippen LogP contribution in [0.5, 0.6) is 0 Å². The van der Waals surface area contributed by atoms with E-state index in [1.165, 1.54) is 12.8 Å². The van der Waals surface area contributed by atoms with E-state index >= 15 is 0 Å². The van der Waals surface area contributed by atoms with Crippen molar-refractivity contribution in [1.29, 1.82) is 0 Å². The smallest absolute Gasteiger partial charge is 0.309 e. The van der Waals surface area contributed by atoms with Gasteiger partial charge in [-0.3, -0.25) is 9.79 Å². The second kappa shape index (κ2) is 8.98. The lowest BCUT2D eigenvalue weighted by atomic mass is 9.97. The molecule has 6 heteroatoms. The van der Waals surface area contributed by atoms with Crippen molar-refractivity contribution in [3.63, 3.8) is 0 Å². The van der Waals surface area contributed by atoms with E-state index in [4.69, 9.17) is 9.47 Å². The van der Waals surface area contributed by atoms with Crippen molar-refractivity contribution in [1.82, 2.24) is 10.2 Å². The second-order valence-electron chi connectivity index (χ2n) is 5.91. The third-order valence-corrected chi connectivity index (χ3v) is 4.40. The highest BCUT2D eigenvalue weighted by atomic mass is 16.5. The van der Waals surface area contributed by atoms with Gasteiger partial charge in [0.15, 0.2) is 5.96 Å². The fraction of sp³-hybridized carbons (Fsp3) is 0.875. The molecule has 0 aromatic heterocycles. The Labute approximate surface area is 133 Å². The number of nitrogens with one attached hydrogen (secondary N) is 1. The van der Waals surface area contributed by atoms with Crippen molar-refractivity contribution < 1.29 is 14.3 Å². The summed E-state index contributed by atoms with van der Waals surface area (Å²) < 4.78 is 10.7. The van der Waals surface area contributed by atoms with Gasteiger partial charge in [0.25, 0.3) is 0 Å². The molecule has 126 valence electrons. The first kappa shape index (κ1) is 17.1. The monoisotopic (exact) mass is 311 g/mol. The van der Waals surface area contributed by atoms with E-state index in [-0.39, 0.29) is 11.9 Å². The van der Waals surface area contributed by atoms with E-state index in [1.54, 1.807) is 0 Å². The molecule has 0 aromatic carbocycles. The summed E-state index contributed by atoms with van der Waals surface area (Å²) in [5.74, 6) is 0.921. The van der Waals surface area contributed by atoms with E-state index in [2.05, 4.69) is 15.2 Å². The van der Waals surface area contributed by atoms with Gasteiger partial charge in [0, 0.05) is 33.3 Å². The Bertz CT molecular complexity index is 373. The lowest BCUT2D eigenvalue weighted by Crippen LogP contribution is -2.47. The zero-order valence-electron chi connectivity index (χ0n) is 13.8. The van der Waals surface area contributed by atoms with Crippen LogP contribution in [0.25, 0.3) is 0 Å². The highest BCUT2D eigenvalue weighted by Gasteiger charge is 2.27. The minimum Gasteiger partial charge on any atom is -0.466 e. The number of rotatable bonds is 5. The van der Waals surface area contributed by atoms with Crippen LogP contribution in [0, 0.1) is 5.92 Å². The van der Waals surface area contributed by atoms with Gasteiger partial charge in [0.05, 0.1) is 18.6 Å². The number of carbonyl (C=O) groups excluding carboxylic acids is 1. The molecule has 0 radical (unpaired) electrons. The summed E-state index contributed by atoms with van der Waals surface area (Å²) in [6.45, 7) is 5.81. The van der Waals surface area contributed by atoms with Gasteiger partial charge in [-0.05, 0) is 39.0 Å². The number of nitrogens with zero attached hydrogens (tertiary/aromatic N) is 2. The molecule has 22 heavy (non-hydrogen) atoms. The van der Waals surface area contributed by atoms with Crippen molar-refractivity contribution >= 4 is 11.9 Å². The number of aliphatic imine (C=N–C) groups is 1. The number of likely N-dealkylation sites (tertiary alicyclic amines) is 1. The quantitative estimate of drug-likeness (QED) is 0.472. The molecule has 2 rings (SSSR count). The van der Waals surface area contributed by atoms with Crippen molar-refractivity contribution in [2.75, 3.05) is 39.9 Å². The maximum Gasteiger partial charge on any atom is 0.309 e. The molecule has 0 amide bonds. The van der Waals surface area contributed by atoms with Crippen molar-refractivity contribution in [3.05, 3.63) is 0 Å².